The molecule has 0 spiro atoms. The van der Waals surface area contributed by atoms with Gasteiger partial charge in [0.1, 0.15) is 0 Å². The summed E-state index contributed by atoms with van der Waals surface area (Å²) in [5.41, 5.74) is 4.98. The van der Waals surface area contributed by atoms with Gasteiger partial charge in [-0.1, -0.05) is 48.5 Å². The Morgan fingerprint density at radius 2 is 1.44 bits per heavy atom. The molecule has 0 saturated carbocycles. The molecule has 34 heavy (non-hydrogen) atoms. The molecule has 7 heteroatoms. The molecule has 0 bridgehead atoms. The second kappa shape index (κ2) is 13.7. The lowest BCUT2D eigenvalue weighted by Gasteiger charge is -2.16. The van der Waals surface area contributed by atoms with Gasteiger partial charge in [-0.3, -0.25) is 9.69 Å². The van der Waals surface area contributed by atoms with E-state index >= 15 is 0 Å². The van der Waals surface area contributed by atoms with Gasteiger partial charge in [-0.2, -0.15) is 0 Å². The van der Waals surface area contributed by atoms with Crippen LogP contribution in [0.15, 0.2) is 53.5 Å². The van der Waals surface area contributed by atoms with Crippen molar-refractivity contribution < 1.29 is 4.79 Å². The molecule has 184 valence electrons. The monoisotopic (exact) mass is 575 g/mol. The maximum absolute atomic E-state index is 11.8. The number of rotatable bonds is 9. The van der Waals surface area contributed by atoms with Gasteiger partial charge >= 0.3 is 0 Å². The zero-order valence-electron chi connectivity index (χ0n) is 20.3. The number of carbonyl (C=O) groups is 1. The summed E-state index contributed by atoms with van der Waals surface area (Å²) in [5.74, 6) is 1.10. The number of likely N-dealkylation sites (tertiary alicyclic amines) is 2. The van der Waals surface area contributed by atoms with E-state index in [-0.39, 0.29) is 29.9 Å². The predicted molar refractivity (Wildman–Crippen MR) is 149 cm³/mol. The maximum atomic E-state index is 11.8. The summed E-state index contributed by atoms with van der Waals surface area (Å²) < 4.78 is 0. The Morgan fingerprint density at radius 1 is 0.824 bits per heavy atom. The van der Waals surface area contributed by atoms with Crippen molar-refractivity contribution in [3.63, 3.8) is 0 Å². The molecule has 2 N–H and O–H groups in total. The third-order valence-electron chi connectivity index (χ3n) is 6.42. The molecule has 6 nitrogen and oxygen atoms in total. The molecule has 2 aliphatic rings. The number of halogens is 1. The summed E-state index contributed by atoms with van der Waals surface area (Å²) in [6, 6.07) is 17.4. The lowest BCUT2D eigenvalue weighted by Crippen LogP contribution is -2.36. The van der Waals surface area contributed by atoms with Crippen LogP contribution in [0.4, 0.5) is 0 Å². The Hall–Kier alpha value is -2.13. The summed E-state index contributed by atoms with van der Waals surface area (Å²) in [6.07, 6.45) is 4.33. The number of hydrogen-bond acceptors (Lipinski definition) is 3. The van der Waals surface area contributed by atoms with Crippen LogP contribution in [0.5, 0.6) is 0 Å². The minimum atomic E-state index is 0. The van der Waals surface area contributed by atoms with E-state index in [4.69, 9.17) is 4.99 Å². The highest BCUT2D eigenvalue weighted by molar-refractivity contribution is 14.0. The van der Waals surface area contributed by atoms with Gasteiger partial charge in [0.25, 0.3) is 0 Å². The van der Waals surface area contributed by atoms with E-state index in [1.54, 1.807) is 0 Å². The quantitative estimate of drug-likeness (QED) is 0.267. The first-order valence-corrected chi connectivity index (χ1v) is 12.4. The number of hydrogen-bond donors (Lipinski definition) is 2. The minimum Gasteiger partial charge on any atom is -0.357 e. The van der Waals surface area contributed by atoms with Crippen molar-refractivity contribution in [1.29, 1.82) is 0 Å². The number of carbonyl (C=O) groups excluding carboxylic acids is 1. The highest BCUT2D eigenvalue weighted by Gasteiger charge is 2.19. The van der Waals surface area contributed by atoms with Crippen LogP contribution >= 0.6 is 24.0 Å². The van der Waals surface area contributed by atoms with Crippen molar-refractivity contribution in [2.75, 3.05) is 26.2 Å². The van der Waals surface area contributed by atoms with Crippen molar-refractivity contribution in [3.8, 4) is 0 Å². The smallest absolute Gasteiger partial charge is 0.222 e. The Bertz CT molecular complexity index is 923. The Kier molecular flexibility index (Phi) is 10.7. The van der Waals surface area contributed by atoms with Crippen LogP contribution in [0.2, 0.25) is 0 Å². The molecule has 2 aromatic rings. The molecular formula is C27H38IN5O. The van der Waals surface area contributed by atoms with Crippen LogP contribution in [-0.2, 0) is 31.0 Å². The average molecular weight is 576 g/mol. The van der Waals surface area contributed by atoms with Gasteiger partial charge in [0.15, 0.2) is 5.96 Å². The van der Waals surface area contributed by atoms with Crippen molar-refractivity contribution in [1.82, 2.24) is 20.4 Å². The van der Waals surface area contributed by atoms with E-state index in [9.17, 15) is 4.79 Å². The molecule has 0 aliphatic carbocycles. The topological polar surface area (TPSA) is 60.0 Å². The van der Waals surface area contributed by atoms with Crippen molar-refractivity contribution in [2.24, 2.45) is 4.99 Å². The van der Waals surface area contributed by atoms with Crippen molar-refractivity contribution in [2.45, 2.75) is 58.8 Å². The Morgan fingerprint density at radius 3 is 2.06 bits per heavy atom. The van der Waals surface area contributed by atoms with E-state index in [1.165, 1.54) is 48.2 Å². The van der Waals surface area contributed by atoms with E-state index in [1.807, 2.05) is 4.90 Å². The van der Waals surface area contributed by atoms with Crippen LogP contribution in [0.3, 0.4) is 0 Å². The van der Waals surface area contributed by atoms with Gasteiger partial charge in [0.05, 0.1) is 6.54 Å². The summed E-state index contributed by atoms with van der Waals surface area (Å²) >= 11 is 0. The molecule has 2 saturated heterocycles. The SMILES string of the molecule is CCNC(=NCc1ccc(CN2CCCC2)cc1)NCc1ccc(CN2CCCC2=O)cc1.I. The molecule has 0 aromatic heterocycles. The number of nitrogens with one attached hydrogen (secondary N) is 2. The average Bonchev–Trinajstić information content (AvgIpc) is 3.49. The second-order valence-electron chi connectivity index (χ2n) is 9.08. The fourth-order valence-corrected chi connectivity index (χ4v) is 4.50. The largest absolute Gasteiger partial charge is 0.357 e. The fraction of sp³-hybridized carbons (Fsp3) is 0.481. The van der Waals surface area contributed by atoms with Gasteiger partial charge < -0.3 is 15.5 Å². The van der Waals surface area contributed by atoms with Crippen LogP contribution < -0.4 is 10.6 Å². The molecule has 2 aliphatic heterocycles. The van der Waals surface area contributed by atoms with Gasteiger partial charge in [0.2, 0.25) is 5.91 Å². The molecule has 1 amide bonds. The van der Waals surface area contributed by atoms with E-state index < -0.39 is 0 Å². The standard InChI is InChI=1S/C27H37N5O.HI/c1-2-28-27(29-18-22-7-11-24(12-8-22)20-31-15-3-4-16-31)30-19-23-9-13-25(14-10-23)21-32-17-5-6-26(32)33;/h7-14H,2-6,15-21H2,1H3,(H2,28,29,30);1H. The zero-order chi connectivity index (χ0) is 22.9. The Labute approximate surface area is 221 Å². The summed E-state index contributed by atoms with van der Waals surface area (Å²) in [6.45, 7) is 9.38. The number of benzene rings is 2. The van der Waals surface area contributed by atoms with Gasteiger partial charge in [0, 0.05) is 39.1 Å². The van der Waals surface area contributed by atoms with Crippen LogP contribution in [0.1, 0.15) is 54.9 Å². The molecule has 0 radical (unpaired) electrons. The number of amides is 1. The van der Waals surface area contributed by atoms with Gasteiger partial charge in [-0.05, 0) is 61.5 Å². The van der Waals surface area contributed by atoms with Gasteiger partial charge in [-0.25, -0.2) is 4.99 Å². The third-order valence-corrected chi connectivity index (χ3v) is 6.42. The van der Waals surface area contributed by atoms with Gasteiger partial charge in [-0.15, -0.1) is 24.0 Å². The summed E-state index contributed by atoms with van der Waals surface area (Å²) in [7, 11) is 0. The highest BCUT2D eigenvalue weighted by Crippen LogP contribution is 2.15. The molecule has 2 heterocycles. The summed E-state index contributed by atoms with van der Waals surface area (Å²) in [4.78, 5) is 21.1. The highest BCUT2D eigenvalue weighted by atomic mass is 127. The fourth-order valence-electron chi connectivity index (χ4n) is 4.50. The van der Waals surface area contributed by atoms with E-state index in [0.717, 1.165) is 32.0 Å². The zero-order valence-corrected chi connectivity index (χ0v) is 22.6. The van der Waals surface area contributed by atoms with E-state index in [0.29, 0.717) is 26.1 Å². The number of aliphatic imine (C=N–C) groups is 1. The lowest BCUT2D eigenvalue weighted by molar-refractivity contribution is -0.128. The van der Waals surface area contributed by atoms with Crippen molar-refractivity contribution >= 4 is 35.8 Å². The predicted octanol–water partition coefficient (Wildman–Crippen LogP) is 4.28. The number of nitrogens with zero attached hydrogens (tertiary/aromatic N) is 3. The Balaban J connectivity index is 0.00000324. The first-order valence-electron chi connectivity index (χ1n) is 12.4. The first-order chi connectivity index (χ1) is 16.2. The van der Waals surface area contributed by atoms with Crippen LogP contribution in [0, 0.1) is 0 Å². The summed E-state index contributed by atoms with van der Waals surface area (Å²) in [5, 5.41) is 6.77. The van der Waals surface area contributed by atoms with Crippen LogP contribution in [-0.4, -0.2) is 47.8 Å². The van der Waals surface area contributed by atoms with E-state index in [2.05, 4.69) is 71.0 Å². The molecule has 0 atom stereocenters. The number of guanidine groups is 1. The molecule has 0 unspecified atom stereocenters. The second-order valence-corrected chi connectivity index (χ2v) is 9.08. The molecule has 2 aromatic carbocycles. The molecule has 4 rings (SSSR count). The van der Waals surface area contributed by atoms with Crippen LogP contribution in [0.25, 0.3) is 0 Å². The third kappa shape index (κ3) is 7.98. The normalized spacial score (nSPS) is 16.6. The lowest BCUT2D eigenvalue weighted by atomic mass is 10.1. The molecule has 2 fully saturated rings. The maximum Gasteiger partial charge on any atom is 0.222 e. The molecular weight excluding hydrogens is 537 g/mol. The van der Waals surface area contributed by atoms with Crippen molar-refractivity contribution in [3.05, 3.63) is 70.8 Å². The minimum absolute atomic E-state index is 0. The first kappa shape index (κ1) is 26.5.